The minimum Gasteiger partial charge on any atom is -0.486 e. The highest BCUT2D eigenvalue weighted by molar-refractivity contribution is 7.09. The zero-order valence-corrected chi connectivity index (χ0v) is 9.91. The first-order chi connectivity index (χ1) is 7.77. The molecule has 2 N–H and O–H groups in total. The summed E-state index contributed by atoms with van der Waals surface area (Å²) in [5.74, 6) is 0.840. The molecule has 1 atom stereocenters. The molecular formula is C12H14N2OS. The lowest BCUT2D eigenvalue weighted by atomic mass is 10.1. The Morgan fingerprint density at radius 2 is 2.25 bits per heavy atom. The van der Waals surface area contributed by atoms with Crippen LogP contribution < -0.4 is 10.5 Å². The summed E-state index contributed by atoms with van der Waals surface area (Å²) in [6.07, 6.45) is 1.78. The lowest BCUT2D eigenvalue weighted by Gasteiger charge is -2.12. The van der Waals surface area contributed by atoms with Crippen LogP contribution in [0.5, 0.6) is 5.75 Å². The quantitative estimate of drug-likeness (QED) is 0.884. The van der Waals surface area contributed by atoms with Crippen LogP contribution in [-0.2, 0) is 6.61 Å². The summed E-state index contributed by atoms with van der Waals surface area (Å²) in [4.78, 5) is 4.17. The van der Waals surface area contributed by atoms with Crippen molar-refractivity contribution < 1.29 is 4.74 Å². The number of nitrogens with zero attached hydrogens (tertiary/aromatic N) is 1. The molecule has 1 aromatic carbocycles. The SMILES string of the molecule is C[C@H](N)c1ccccc1OCc1nccs1. The molecule has 0 aliphatic rings. The minimum absolute atomic E-state index is 0.0208. The Morgan fingerprint density at radius 3 is 2.94 bits per heavy atom. The highest BCUT2D eigenvalue weighted by Gasteiger charge is 2.07. The molecule has 0 bridgehead atoms. The van der Waals surface area contributed by atoms with Crippen LogP contribution in [0.25, 0.3) is 0 Å². The van der Waals surface area contributed by atoms with Gasteiger partial charge in [-0.3, -0.25) is 0 Å². The number of nitrogens with two attached hydrogens (primary N) is 1. The highest BCUT2D eigenvalue weighted by atomic mass is 32.1. The Bertz CT molecular complexity index is 440. The topological polar surface area (TPSA) is 48.1 Å². The first kappa shape index (κ1) is 11.1. The van der Waals surface area contributed by atoms with Crippen molar-refractivity contribution in [2.24, 2.45) is 5.73 Å². The van der Waals surface area contributed by atoms with Gasteiger partial charge in [0.2, 0.25) is 0 Å². The van der Waals surface area contributed by atoms with Crippen molar-refractivity contribution in [1.29, 1.82) is 0 Å². The van der Waals surface area contributed by atoms with Crippen LogP contribution in [0.15, 0.2) is 35.8 Å². The minimum atomic E-state index is -0.0208. The van der Waals surface area contributed by atoms with Crippen LogP contribution in [0.4, 0.5) is 0 Å². The standard InChI is InChI=1S/C12H14N2OS/c1-9(13)10-4-2-3-5-11(10)15-8-12-14-6-7-16-12/h2-7,9H,8,13H2,1H3/t9-/m0/s1. The second-order valence-electron chi connectivity index (χ2n) is 3.54. The molecule has 0 spiro atoms. The van der Waals surface area contributed by atoms with Crippen molar-refractivity contribution in [2.75, 3.05) is 0 Å². The van der Waals surface area contributed by atoms with Crippen LogP contribution in [-0.4, -0.2) is 4.98 Å². The molecule has 0 aliphatic heterocycles. The van der Waals surface area contributed by atoms with Gasteiger partial charge in [0.1, 0.15) is 17.4 Å². The second-order valence-corrected chi connectivity index (χ2v) is 4.52. The maximum absolute atomic E-state index is 5.87. The summed E-state index contributed by atoms with van der Waals surface area (Å²) in [5.41, 5.74) is 6.90. The normalized spacial score (nSPS) is 12.4. The van der Waals surface area contributed by atoms with Crippen molar-refractivity contribution in [2.45, 2.75) is 19.6 Å². The Morgan fingerprint density at radius 1 is 1.44 bits per heavy atom. The van der Waals surface area contributed by atoms with Gasteiger partial charge in [0.25, 0.3) is 0 Å². The van der Waals surface area contributed by atoms with E-state index in [1.54, 1.807) is 17.5 Å². The molecule has 0 aliphatic carbocycles. The number of hydrogen-bond donors (Lipinski definition) is 1. The van der Waals surface area contributed by atoms with Crippen LogP contribution in [0.1, 0.15) is 23.5 Å². The summed E-state index contributed by atoms with van der Waals surface area (Å²) in [6, 6.07) is 7.82. The van der Waals surface area contributed by atoms with E-state index in [1.807, 2.05) is 36.6 Å². The van der Waals surface area contributed by atoms with Gasteiger partial charge in [-0.25, -0.2) is 4.98 Å². The maximum atomic E-state index is 5.87. The molecule has 4 heteroatoms. The molecule has 1 aromatic heterocycles. The van der Waals surface area contributed by atoms with Crippen molar-refractivity contribution in [1.82, 2.24) is 4.98 Å². The molecule has 2 rings (SSSR count). The van der Waals surface area contributed by atoms with Gasteiger partial charge in [-0.15, -0.1) is 11.3 Å². The van der Waals surface area contributed by atoms with Gasteiger partial charge in [-0.05, 0) is 13.0 Å². The summed E-state index contributed by atoms with van der Waals surface area (Å²) in [7, 11) is 0. The molecular weight excluding hydrogens is 220 g/mol. The Balaban J connectivity index is 2.09. The molecule has 84 valence electrons. The number of ether oxygens (including phenoxy) is 1. The molecule has 0 fully saturated rings. The van der Waals surface area contributed by atoms with Gasteiger partial charge < -0.3 is 10.5 Å². The van der Waals surface area contributed by atoms with Crippen LogP contribution in [0.2, 0.25) is 0 Å². The Labute approximate surface area is 98.9 Å². The number of benzene rings is 1. The van der Waals surface area contributed by atoms with E-state index in [0.29, 0.717) is 6.61 Å². The first-order valence-electron chi connectivity index (χ1n) is 5.13. The van der Waals surface area contributed by atoms with E-state index in [1.165, 1.54) is 0 Å². The van der Waals surface area contributed by atoms with Gasteiger partial charge in [-0.1, -0.05) is 18.2 Å². The van der Waals surface area contributed by atoms with E-state index in [9.17, 15) is 0 Å². The van der Waals surface area contributed by atoms with Gasteiger partial charge in [0.05, 0.1) is 0 Å². The van der Waals surface area contributed by atoms with Gasteiger partial charge >= 0.3 is 0 Å². The molecule has 2 aromatic rings. The molecule has 0 unspecified atom stereocenters. The fraction of sp³-hybridized carbons (Fsp3) is 0.250. The monoisotopic (exact) mass is 234 g/mol. The number of rotatable bonds is 4. The Hall–Kier alpha value is -1.39. The molecule has 16 heavy (non-hydrogen) atoms. The highest BCUT2D eigenvalue weighted by Crippen LogP contribution is 2.24. The van der Waals surface area contributed by atoms with Crippen molar-refractivity contribution in [3.8, 4) is 5.75 Å². The second kappa shape index (κ2) is 5.09. The molecule has 0 amide bonds. The predicted molar refractivity (Wildman–Crippen MR) is 65.5 cm³/mol. The van der Waals surface area contributed by atoms with E-state index in [4.69, 9.17) is 10.5 Å². The van der Waals surface area contributed by atoms with E-state index in [-0.39, 0.29) is 6.04 Å². The van der Waals surface area contributed by atoms with E-state index >= 15 is 0 Å². The van der Waals surface area contributed by atoms with Gasteiger partial charge in [-0.2, -0.15) is 0 Å². The molecule has 0 saturated heterocycles. The summed E-state index contributed by atoms with van der Waals surface area (Å²) < 4.78 is 5.71. The van der Waals surface area contributed by atoms with E-state index < -0.39 is 0 Å². The third-order valence-electron chi connectivity index (χ3n) is 2.24. The zero-order chi connectivity index (χ0) is 11.4. The fourth-order valence-electron chi connectivity index (χ4n) is 1.45. The number of aromatic nitrogens is 1. The third-order valence-corrected chi connectivity index (χ3v) is 3.00. The van der Waals surface area contributed by atoms with Crippen LogP contribution in [0.3, 0.4) is 0 Å². The molecule has 0 radical (unpaired) electrons. The van der Waals surface area contributed by atoms with Gasteiger partial charge in [0.15, 0.2) is 0 Å². The van der Waals surface area contributed by atoms with Crippen LogP contribution in [0, 0.1) is 0 Å². The lowest BCUT2D eigenvalue weighted by Crippen LogP contribution is -2.07. The fourth-order valence-corrected chi connectivity index (χ4v) is 1.98. The lowest BCUT2D eigenvalue weighted by molar-refractivity contribution is 0.301. The maximum Gasteiger partial charge on any atom is 0.140 e. The van der Waals surface area contributed by atoms with Gasteiger partial charge in [0, 0.05) is 23.2 Å². The predicted octanol–water partition coefficient (Wildman–Crippen LogP) is 2.74. The number of para-hydroxylation sites is 1. The van der Waals surface area contributed by atoms with Crippen molar-refractivity contribution >= 4 is 11.3 Å². The number of thiazole rings is 1. The number of hydrogen-bond acceptors (Lipinski definition) is 4. The zero-order valence-electron chi connectivity index (χ0n) is 9.09. The van der Waals surface area contributed by atoms with Crippen LogP contribution >= 0.6 is 11.3 Å². The largest absolute Gasteiger partial charge is 0.486 e. The average Bonchev–Trinajstić information content (AvgIpc) is 2.79. The van der Waals surface area contributed by atoms with Crippen molar-refractivity contribution in [3.63, 3.8) is 0 Å². The van der Waals surface area contributed by atoms with E-state index in [2.05, 4.69) is 4.98 Å². The smallest absolute Gasteiger partial charge is 0.140 e. The van der Waals surface area contributed by atoms with Crippen molar-refractivity contribution in [3.05, 3.63) is 46.4 Å². The molecule has 1 heterocycles. The first-order valence-corrected chi connectivity index (χ1v) is 6.01. The Kier molecular flexibility index (Phi) is 3.54. The summed E-state index contributed by atoms with van der Waals surface area (Å²) in [5, 5.41) is 2.91. The third kappa shape index (κ3) is 2.59. The molecule has 3 nitrogen and oxygen atoms in total. The van der Waals surface area contributed by atoms with E-state index in [0.717, 1.165) is 16.3 Å². The molecule has 0 saturated carbocycles. The average molecular weight is 234 g/mol. The summed E-state index contributed by atoms with van der Waals surface area (Å²) >= 11 is 1.59. The summed E-state index contributed by atoms with van der Waals surface area (Å²) in [6.45, 7) is 2.45.